The number of nitrogens with one attached hydrogen (secondary N) is 2. The van der Waals surface area contributed by atoms with Crippen LogP contribution in [0.15, 0.2) is 101 Å². The molecule has 2 aromatic heterocycles. The number of imidazole rings is 1. The number of fused-ring (bicyclic) bond motifs is 1. The van der Waals surface area contributed by atoms with E-state index < -0.39 is 35.4 Å². The van der Waals surface area contributed by atoms with Crippen LogP contribution in [0.5, 0.6) is 0 Å². The number of hydrogen-bond donors (Lipinski definition) is 3. The second kappa shape index (κ2) is 16.0. The Morgan fingerprint density at radius 1 is 1.17 bits per heavy atom. The number of benzene rings is 1. The van der Waals surface area contributed by atoms with Crippen LogP contribution in [0.1, 0.15) is 70.3 Å². The number of nitrogens with zero attached hydrogens (tertiary/aromatic N) is 6. The molecule has 1 aliphatic heterocycles. The Labute approximate surface area is 305 Å². The van der Waals surface area contributed by atoms with Crippen molar-refractivity contribution < 1.29 is 27.2 Å². The minimum atomic E-state index is -4.67. The van der Waals surface area contributed by atoms with E-state index in [2.05, 4.69) is 37.2 Å². The van der Waals surface area contributed by atoms with E-state index in [-0.39, 0.29) is 30.7 Å². The first-order valence-corrected chi connectivity index (χ1v) is 17.2. The summed E-state index contributed by atoms with van der Waals surface area (Å²) in [6.45, 7) is 10.4. The zero-order valence-corrected chi connectivity index (χ0v) is 29.9. The van der Waals surface area contributed by atoms with Crippen LogP contribution in [-0.4, -0.2) is 67.8 Å². The summed E-state index contributed by atoms with van der Waals surface area (Å²) in [7, 11) is 0. The lowest BCUT2D eigenvalue weighted by molar-refractivity contribution is -0.130. The van der Waals surface area contributed by atoms with Gasteiger partial charge in [0, 0.05) is 67.0 Å². The average molecular weight is 734 g/mol. The van der Waals surface area contributed by atoms with Gasteiger partial charge in [-0.3, -0.25) is 19.0 Å². The number of rotatable bonds is 14. The highest BCUT2D eigenvalue weighted by Gasteiger charge is 2.45. The number of hydrogen-bond acceptors (Lipinski definition) is 8. The molecule has 0 saturated heterocycles. The summed E-state index contributed by atoms with van der Waals surface area (Å²) in [5, 5.41) is 5.80. The van der Waals surface area contributed by atoms with Crippen LogP contribution in [0.25, 0.3) is 16.9 Å². The Kier molecular flexibility index (Phi) is 11.6. The van der Waals surface area contributed by atoms with E-state index in [9.17, 15) is 27.2 Å². The van der Waals surface area contributed by atoms with Crippen molar-refractivity contribution in [2.45, 2.75) is 76.8 Å². The predicted molar refractivity (Wildman–Crippen MR) is 196 cm³/mol. The van der Waals surface area contributed by atoms with E-state index in [0.717, 1.165) is 16.7 Å². The maximum atomic E-state index is 13.9. The Bertz CT molecular complexity index is 1990. The van der Waals surface area contributed by atoms with E-state index in [1.807, 2.05) is 43.5 Å². The van der Waals surface area contributed by atoms with Gasteiger partial charge in [-0.25, -0.2) is 19.4 Å². The van der Waals surface area contributed by atoms with Crippen molar-refractivity contribution in [1.82, 2.24) is 29.9 Å². The van der Waals surface area contributed by atoms with Crippen LogP contribution >= 0.6 is 0 Å². The van der Waals surface area contributed by atoms with E-state index in [1.54, 1.807) is 54.0 Å². The van der Waals surface area contributed by atoms with Gasteiger partial charge in [-0.1, -0.05) is 43.8 Å². The van der Waals surface area contributed by atoms with E-state index in [0.29, 0.717) is 48.2 Å². The van der Waals surface area contributed by atoms with Crippen LogP contribution in [0.4, 0.5) is 17.6 Å². The number of carbonyl (C=O) groups excluding carboxylic acids is 2. The minimum Gasteiger partial charge on any atom is -0.404 e. The van der Waals surface area contributed by atoms with Crippen molar-refractivity contribution in [1.29, 1.82) is 0 Å². The molecule has 0 radical (unpaired) electrons. The first-order chi connectivity index (χ1) is 25.1. The predicted octanol–water partition coefficient (Wildman–Crippen LogP) is 6.44. The van der Waals surface area contributed by atoms with Gasteiger partial charge < -0.3 is 21.3 Å². The number of carbonyl (C=O) groups is 2. The molecule has 0 spiro atoms. The number of aliphatic imine (C=N–C) groups is 2. The van der Waals surface area contributed by atoms with Crippen molar-refractivity contribution in [2.24, 2.45) is 21.6 Å². The third-order valence-corrected chi connectivity index (χ3v) is 8.84. The minimum absolute atomic E-state index is 0.0652. The summed E-state index contributed by atoms with van der Waals surface area (Å²) < 4.78 is 54.8. The number of allylic oxidation sites excluding steroid dienone is 3. The average Bonchev–Trinajstić information content (AvgIpc) is 3.79. The fraction of sp³-hybridized carbons (Fsp3) is 0.368. The maximum Gasteiger partial charge on any atom is 0.419 e. The standard InChI is InChI=1S/C38H43F4N9O2/c1-6-8-29(51-14-7-13-45-24(51)3)15-32(35(53)49-37(4,5)22-44-19-28(17-43)38(40,41)42)47-34(52)31-16-30(31)26-11-9-25(10-12-26)27-18-46-36-48-33(23(2)39)21-50(36)20-27/h7-14,17-21,23,30-32H,3,6,15-16,22,43H2,1-2,4-5H3,(H,47,52)(H,49,53)/b28-17+,29-8-,44-19?. The Morgan fingerprint density at radius 2 is 1.91 bits per heavy atom. The van der Waals surface area contributed by atoms with Gasteiger partial charge in [-0.15, -0.1) is 0 Å². The van der Waals surface area contributed by atoms with Crippen LogP contribution in [0, 0.1) is 5.92 Å². The fourth-order valence-corrected chi connectivity index (χ4v) is 5.94. The molecule has 2 amide bonds. The van der Waals surface area contributed by atoms with Crippen molar-refractivity contribution >= 4 is 30.0 Å². The third-order valence-electron chi connectivity index (χ3n) is 8.84. The third kappa shape index (κ3) is 9.64. The summed E-state index contributed by atoms with van der Waals surface area (Å²) in [6.07, 6.45) is 8.61. The van der Waals surface area contributed by atoms with E-state index in [1.165, 1.54) is 6.92 Å². The Balaban J connectivity index is 1.29. The molecule has 3 heterocycles. The smallest absolute Gasteiger partial charge is 0.404 e. The molecule has 1 aromatic carbocycles. The largest absolute Gasteiger partial charge is 0.419 e. The quantitative estimate of drug-likeness (QED) is 0.129. The highest BCUT2D eigenvalue weighted by atomic mass is 19.4. The van der Waals surface area contributed by atoms with Gasteiger partial charge in [0.15, 0.2) is 0 Å². The summed E-state index contributed by atoms with van der Waals surface area (Å²) in [4.78, 5) is 46.0. The van der Waals surface area contributed by atoms with Crippen molar-refractivity contribution in [3.8, 4) is 11.1 Å². The zero-order chi connectivity index (χ0) is 38.5. The van der Waals surface area contributed by atoms with E-state index >= 15 is 0 Å². The monoisotopic (exact) mass is 733 g/mol. The van der Waals surface area contributed by atoms with Crippen LogP contribution in [-0.2, 0) is 9.59 Å². The molecule has 0 bridgehead atoms. The second-order valence-corrected chi connectivity index (χ2v) is 13.6. The molecule has 280 valence electrons. The first-order valence-electron chi connectivity index (χ1n) is 17.2. The molecule has 4 N–H and O–H groups in total. The number of nitrogens with two attached hydrogens (primary N) is 1. The van der Waals surface area contributed by atoms with Crippen molar-refractivity contribution in [3.05, 3.63) is 102 Å². The molecular formula is C38H43F4N9O2. The number of aromatic nitrogens is 3. The molecular weight excluding hydrogens is 690 g/mol. The van der Waals surface area contributed by atoms with Gasteiger partial charge in [0.1, 0.15) is 18.0 Å². The molecule has 4 unspecified atom stereocenters. The van der Waals surface area contributed by atoms with Gasteiger partial charge in [-0.2, -0.15) is 13.2 Å². The number of alkyl halides is 4. The van der Waals surface area contributed by atoms with Crippen LogP contribution in [0.3, 0.4) is 0 Å². The van der Waals surface area contributed by atoms with Crippen molar-refractivity contribution in [2.75, 3.05) is 6.54 Å². The SMILES string of the molecule is C=C1N=CC=CN1/C(=C\CC)CC(NC(=O)C1CC1c1ccc(-c2cnc3nc(C(C)F)cn3c2)cc1)C(=O)NC(C)(C)CN=C/C(=C\N)C(F)(F)F. The lowest BCUT2D eigenvalue weighted by Crippen LogP contribution is -2.55. The molecule has 1 fully saturated rings. The lowest BCUT2D eigenvalue weighted by atomic mass is 10.0. The number of amides is 2. The fourth-order valence-electron chi connectivity index (χ4n) is 5.94. The van der Waals surface area contributed by atoms with Gasteiger partial charge in [0.25, 0.3) is 0 Å². The van der Waals surface area contributed by atoms with Gasteiger partial charge in [0.2, 0.25) is 17.6 Å². The molecule has 2 aliphatic rings. The molecule has 1 aliphatic carbocycles. The topological polar surface area (TPSA) is 142 Å². The highest BCUT2D eigenvalue weighted by Crippen LogP contribution is 2.48. The Hall–Kier alpha value is -5.60. The molecule has 3 aromatic rings. The van der Waals surface area contributed by atoms with Crippen molar-refractivity contribution in [3.63, 3.8) is 0 Å². The van der Waals surface area contributed by atoms with Crippen LogP contribution in [0.2, 0.25) is 0 Å². The molecule has 5 rings (SSSR count). The zero-order valence-electron chi connectivity index (χ0n) is 29.9. The van der Waals surface area contributed by atoms with Gasteiger partial charge in [-0.05, 0) is 56.7 Å². The van der Waals surface area contributed by atoms with E-state index in [4.69, 9.17) is 5.73 Å². The van der Waals surface area contributed by atoms with Gasteiger partial charge in [0.05, 0.1) is 23.4 Å². The first kappa shape index (κ1) is 38.6. The normalized spacial score (nSPS) is 19.2. The highest BCUT2D eigenvalue weighted by molar-refractivity contribution is 5.91. The number of halogens is 4. The van der Waals surface area contributed by atoms with Gasteiger partial charge >= 0.3 is 6.18 Å². The summed E-state index contributed by atoms with van der Waals surface area (Å²) in [5.74, 6) is -0.429. The molecule has 1 saturated carbocycles. The molecule has 4 atom stereocenters. The molecule has 53 heavy (non-hydrogen) atoms. The maximum absolute atomic E-state index is 13.9. The summed E-state index contributed by atoms with van der Waals surface area (Å²) >= 11 is 0. The Morgan fingerprint density at radius 3 is 2.55 bits per heavy atom. The molecule has 11 nitrogen and oxygen atoms in total. The molecule has 15 heteroatoms. The summed E-state index contributed by atoms with van der Waals surface area (Å²) in [5.41, 5.74) is 6.59. The van der Waals surface area contributed by atoms with Crippen LogP contribution < -0.4 is 16.4 Å². The second-order valence-electron chi connectivity index (χ2n) is 13.6. The summed E-state index contributed by atoms with van der Waals surface area (Å²) in [6, 6.07) is 6.74. The lowest BCUT2D eigenvalue weighted by Gasteiger charge is -2.31.